The molecule has 1 atom stereocenters. The van der Waals surface area contributed by atoms with Gasteiger partial charge in [0.1, 0.15) is 0 Å². The highest BCUT2D eigenvalue weighted by Gasteiger charge is 2.76. The summed E-state index contributed by atoms with van der Waals surface area (Å²) < 4.78 is 0. The number of hydrogen-bond acceptors (Lipinski definition) is 0. The maximum Gasteiger partial charge on any atom is -0.0261 e. The first-order chi connectivity index (χ1) is 9.76. The van der Waals surface area contributed by atoms with Crippen molar-refractivity contribution in [2.75, 3.05) is 0 Å². The van der Waals surface area contributed by atoms with E-state index in [-0.39, 0.29) is 0 Å². The van der Waals surface area contributed by atoms with Crippen molar-refractivity contribution in [2.45, 2.75) is 99.3 Å². The van der Waals surface area contributed by atoms with Gasteiger partial charge in [-0.2, -0.15) is 0 Å². The molecule has 0 amide bonds. The standard InChI is InChI=1S/C15H28.C6H10/c1-5-7-8-9-13-10-11-15(3,4)14(6-2)12-13;1-5-3-6(5,2)4-5/h9,14H,5-8,10-12H2,1-4H3;3-4H2,1-2H3/b13-9+;. The molecule has 3 saturated carbocycles. The molecule has 0 aromatic carbocycles. The Morgan fingerprint density at radius 2 is 1.62 bits per heavy atom. The van der Waals surface area contributed by atoms with Crippen LogP contribution in [0.1, 0.15) is 99.3 Å². The van der Waals surface area contributed by atoms with E-state index in [9.17, 15) is 0 Å². The van der Waals surface area contributed by atoms with Gasteiger partial charge in [0.05, 0.1) is 0 Å². The van der Waals surface area contributed by atoms with Gasteiger partial charge in [-0.3, -0.25) is 0 Å². The monoisotopic (exact) mass is 290 g/mol. The fourth-order valence-electron chi connectivity index (χ4n) is 4.36. The Labute approximate surface area is 133 Å². The molecule has 0 aromatic heterocycles. The van der Waals surface area contributed by atoms with Crippen LogP contribution in [0.5, 0.6) is 0 Å². The normalized spacial score (nSPS) is 41.0. The number of allylic oxidation sites excluding steroid dienone is 2. The van der Waals surface area contributed by atoms with Crippen molar-refractivity contribution in [1.82, 2.24) is 0 Å². The predicted molar refractivity (Wildman–Crippen MR) is 94.5 cm³/mol. The Morgan fingerprint density at radius 3 is 2.05 bits per heavy atom. The summed E-state index contributed by atoms with van der Waals surface area (Å²) in [5.41, 5.74) is 4.03. The lowest BCUT2D eigenvalue weighted by Gasteiger charge is -2.39. The number of unbranched alkanes of at least 4 members (excludes halogenated alkanes) is 2. The third kappa shape index (κ3) is 3.93. The van der Waals surface area contributed by atoms with Crippen LogP contribution >= 0.6 is 0 Å². The molecule has 3 aliphatic rings. The smallest absolute Gasteiger partial charge is 0.0261 e. The van der Waals surface area contributed by atoms with Gasteiger partial charge in [0, 0.05) is 0 Å². The zero-order valence-electron chi connectivity index (χ0n) is 15.5. The van der Waals surface area contributed by atoms with E-state index in [0.29, 0.717) is 5.41 Å². The minimum atomic E-state index is 0.580. The molecular formula is C21H38. The first-order valence-corrected chi connectivity index (χ1v) is 9.44. The van der Waals surface area contributed by atoms with Gasteiger partial charge in [-0.05, 0) is 60.7 Å². The summed E-state index contributed by atoms with van der Waals surface area (Å²) >= 11 is 0. The molecule has 3 fully saturated rings. The number of hydrogen-bond donors (Lipinski definition) is 0. The first kappa shape index (κ1) is 17.1. The molecule has 122 valence electrons. The van der Waals surface area contributed by atoms with Crippen LogP contribution in [-0.2, 0) is 0 Å². The number of fused-ring (bicyclic) bond motifs is 1. The SMILES string of the molecule is CC12CC1(C)C2.CCCC/C=C1\CCC(C)(C)C(CC)C1. The maximum absolute atomic E-state index is 2.53. The Morgan fingerprint density at radius 1 is 1.05 bits per heavy atom. The fourth-order valence-corrected chi connectivity index (χ4v) is 4.36. The molecule has 0 spiro atoms. The first-order valence-electron chi connectivity index (χ1n) is 9.44. The largest absolute Gasteiger partial charge is 0.0853 e. The summed E-state index contributed by atoms with van der Waals surface area (Å²) in [4.78, 5) is 0. The molecule has 21 heavy (non-hydrogen) atoms. The molecule has 1 unspecified atom stereocenters. The lowest BCUT2D eigenvalue weighted by atomic mass is 9.66. The second kappa shape index (κ2) is 6.09. The lowest BCUT2D eigenvalue weighted by molar-refractivity contribution is 0.161. The Balaban J connectivity index is 0.000000218. The molecular weight excluding hydrogens is 252 g/mol. The van der Waals surface area contributed by atoms with E-state index in [0.717, 1.165) is 16.7 Å². The highest BCUT2D eigenvalue weighted by atomic mass is 14.8. The van der Waals surface area contributed by atoms with Crippen molar-refractivity contribution in [2.24, 2.45) is 22.2 Å². The van der Waals surface area contributed by atoms with Gasteiger partial charge >= 0.3 is 0 Å². The molecule has 0 radical (unpaired) electrons. The minimum Gasteiger partial charge on any atom is -0.0853 e. The average Bonchev–Trinajstić information content (AvgIpc) is 3.13. The van der Waals surface area contributed by atoms with Crippen LogP contribution in [-0.4, -0.2) is 0 Å². The molecule has 0 aromatic rings. The van der Waals surface area contributed by atoms with E-state index in [1.54, 1.807) is 5.57 Å². The maximum atomic E-state index is 2.53. The zero-order valence-corrected chi connectivity index (χ0v) is 15.5. The summed E-state index contributed by atoms with van der Waals surface area (Å²) in [6, 6.07) is 0. The predicted octanol–water partition coefficient (Wildman–Crippen LogP) is 7.15. The second-order valence-corrected chi connectivity index (χ2v) is 9.28. The third-order valence-corrected chi connectivity index (χ3v) is 6.96. The van der Waals surface area contributed by atoms with E-state index in [1.165, 1.54) is 57.8 Å². The van der Waals surface area contributed by atoms with Crippen molar-refractivity contribution in [3.8, 4) is 0 Å². The molecule has 0 bridgehead atoms. The Hall–Kier alpha value is -0.260. The highest BCUT2D eigenvalue weighted by Crippen LogP contribution is 2.85. The van der Waals surface area contributed by atoms with Gasteiger partial charge in [0.15, 0.2) is 0 Å². The molecule has 0 aliphatic heterocycles. The van der Waals surface area contributed by atoms with Crippen LogP contribution < -0.4 is 0 Å². The molecule has 0 heterocycles. The van der Waals surface area contributed by atoms with Gasteiger partial charge in [-0.15, -0.1) is 0 Å². The summed E-state index contributed by atoms with van der Waals surface area (Å²) in [6.45, 7) is 14.3. The third-order valence-electron chi connectivity index (χ3n) is 6.96. The van der Waals surface area contributed by atoms with Crippen LogP contribution in [0.3, 0.4) is 0 Å². The molecule has 0 nitrogen and oxygen atoms in total. The van der Waals surface area contributed by atoms with Crippen LogP contribution in [0, 0.1) is 22.2 Å². The van der Waals surface area contributed by atoms with E-state index >= 15 is 0 Å². The average molecular weight is 291 g/mol. The van der Waals surface area contributed by atoms with Gasteiger partial charge in [0.25, 0.3) is 0 Å². The van der Waals surface area contributed by atoms with Crippen LogP contribution in [0.4, 0.5) is 0 Å². The Bertz CT molecular complexity index is 367. The fraction of sp³-hybridized carbons (Fsp3) is 0.905. The van der Waals surface area contributed by atoms with Crippen LogP contribution in [0.2, 0.25) is 0 Å². The zero-order chi connectivity index (χ0) is 15.7. The quantitative estimate of drug-likeness (QED) is 0.381. The summed E-state index contributed by atoms with van der Waals surface area (Å²) in [7, 11) is 0. The highest BCUT2D eigenvalue weighted by molar-refractivity contribution is 5.25. The van der Waals surface area contributed by atoms with Crippen LogP contribution in [0.15, 0.2) is 11.6 Å². The van der Waals surface area contributed by atoms with Crippen molar-refractivity contribution in [1.29, 1.82) is 0 Å². The second-order valence-electron chi connectivity index (χ2n) is 9.28. The van der Waals surface area contributed by atoms with E-state index in [1.807, 2.05) is 0 Å². The summed E-state index contributed by atoms with van der Waals surface area (Å²) in [5.74, 6) is 0.916. The molecule has 0 heteroatoms. The van der Waals surface area contributed by atoms with Gasteiger partial charge < -0.3 is 0 Å². The number of rotatable bonds is 4. The topological polar surface area (TPSA) is 0 Å². The van der Waals surface area contributed by atoms with Crippen molar-refractivity contribution in [3.05, 3.63) is 11.6 Å². The van der Waals surface area contributed by atoms with Crippen molar-refractivity contribution in [3.63, 3.8) is 0 Å². The molecule has 3 rings (SSSR count). The van der Waals surface area contributed by atoms with E-state index in [2.05, 4.69) is 47.6 Å². The molecule has 3 aliphatic carbocycles. The summed E-state index contributed by atoms with van der Waals surface area (Å²) in [5, 5.41) is 0. The van der Waals surface area contributed by atoms with Gasteiger partial charge in [0.2, 0.25) is 0 Å². The van der Waals surface area contributed by atoms with Crippen LogP contribution in [0.25, 0.3) is 0 Å². The van der Waals surface area contributed by atoms with Gasteiger partial charge in [-0.1, -0.05) is 72.5 Å². The van der Waals surface area contributed by atoms with Gasteiger partial charge in [-0.25, -0.2) is 0 Å². The van der Waals surface area contributed by atoms with E-state index < -0.39 is 0 Å². The van der Waals surface area contributed by atoms with Crippen molar-refractivity contribution < 1.29 is 0 Å². The molecule has 0 N–H and O–H groups in total. The van der Waals surface area contributed by atoms with Crippen molar-refractivity contribution >= 4 is 0 Å². The Kier molecular flexibility index (Phi) is 4.96. The van der Waals surface area contributed by atoms with E-state index in [4.69, 9.17) is 0 Å². The lowest BCUT2D eigenvalue weighted by Crippen LogP contribution is -2.28. The summed E-state index contributed by atoms with van der Waals surface area (Å²) in [6.07, 6.45) is 15.0. The molecule has 0 saturated heterocycles. The minimum absolute atomic E-state index is 0.580.